The Hall–Kier alpha value is -1.06. The minimum absolute atomic E-state index is 0. The topological polar surface area (TPSA) is 41.1 Å². The van der Waals surface area contributed by atoms with E-state index in [0.717, 1.165) is 32.4 Å². The number of hydrogen-bond donors (Lipinski definition) is 2. The van der Waals surface area contributed by atoms with Crippen molar-refractivity contribution in [2.45, 2.75) is 31.7 Å². The van der Waals surface area contributed by atoms with E-state index < -0.39 is 0 Å². The predicted octanol–water partition coefficient (Wildman–Crippen LogP) is 1.69. The summed E-state index contributed by atoms with van der Waals surface area (Å²) in [6, 6.07) is 8.80. The molecule has 19 heavy (non-hydrogen) atoms. The average Bonchev–Trinajstić information content (AvgIpc) is 2.96. The molecular formula is C15H21ClN2O. The van der Waals surface area contributed by atoms with Gasteiger partial charge in [-0.3, -0.25) is 4.79 Å². The molecule has 3 nitrogen and oxygen atoms in total. The van der Waals surface area contributed by atoms with Crippen LogP contribution in [-0.4, -0.2) is 25.0 Å². The number of amides is 1. The zero-order chi connectivity index (χ0) is 12.4. The van der Waals surface area contributed by atoms with Gasteiger partial charge in [-0.25, -0.2) is 0 Å². The van der Waals surface area contributed by atoms with E-state index >= 15 is 0 Å². The molecule has 1 aromatic carbocycles. The van der Waals surface area contributed by atoms with E-state index in [1.54, 1.807) is 0 Å². The summed E-state index contributed by atoms with van der Waals surface area (Å²) in [5.74, 6) is 0.760. The van der Waals surface area contributed by atoms with Crippen molar-refractivity contribution >= 4 is 18.3 Å². The van der Waals surface area contributed by atoms with Gasteiger partial charge in [-0.15, -0.1) is 12.4 Å². The Bertz CT molecular complexity index is 419. The van der Waals surface area contributed by atoms with Gasteiger partial charge in [-0.2, -0.15) is 0 Å². The Balaban J connectivity index is 0.00000133. The summed E-state index contributed by atoms with van der Waals surface area (Å²) in [4.78, 5) is 12.0. The second-order valence-electron chi connectivity index (χ2n) is 5.50. The van der Waals surface area contributed by atoms with Crippen LogP contribution in [0.25, 0.3) is 0 Å². The molecule has 0 aromatic heterocycles. The van der Waals surface area contributed by atoms with Gasteiger partial charge in [0.05, 0.1) is 0 Å². The molecule has 1 amide bonds. The average molecular weight is 281 g/mol. The van der Waals surface area contributed by atoms with E-state index in [0.29, 0.717) is 18.4 Å². The fourth-order valence-electron chi connectivity index (χ4n) is 3.10. The highest BCUT2D eigenvalue weighted by molar-refractivity contribution is 5.85. The van der Waals surface area contributed by atoms with Crippen LogP contribution in [0.15, 0.2) is 24.3 Å². The van der Waals surface area contributed by atoms with E-state index in [2.05, 4.69) is 34.9 Å². The Morgan fingerprint density at radius 3 is 2.53 bits per heavy atom. The monoisotopic (exact) mass is 280 g/mol. The summed E-state index contributed by atoms with van der Waals surface area (Å²) in [5, 5.41) is 6.49. The van der Waals surface area contributed by atoms with Crippen molar-refractivity contribution in [1.82, 2.24) is 10.6 Å². The van der Waals surface area contributed by atoms with Crippen molar-refractivity contribution < 1.29 is 4.79 Å². The second kappa shape index (κ2) is 6.40. The van der Waals surface area contributed by atoms with Crippen LogP contribution < -0.4 is 10.6 Å². The number of halogens is 1. The third-order valence-corrected chi connectivity index (χ3v) is 4.05. The van der Waals surface area contributed by atoms with Gasteiger partial charge in [0.1, 0.15) is 0 Å². The van der Waals surface area contributed by atoms with Crippen molar-refractivity contribution in [3.05, 3.63) is 35.4 Å². The maximum Gasteiger partial charge on any atom is 0.220 e. The smallest absolute Gasteiger partial charge is 0.220 e. The minimum atomic E-state index is 0. The van der Waals surface area contributed by atoms with Gasteiger partial charge >= 0.3 is 0 Å². The Labute approximate surface area is 120 Å². The van der Waals surface area contributed by atoms with E-state index in [1.165, 1.54) is 11.1 Å². The van der Waals surface area contributed by atoms with Gasteiger partial charge in [-0.1, -0.05) is 24.3 Å². The minimum Gasteiger partial charge on any atom is -0.353 e. The molecule has 1 fully saturated rings. The van der Waals surface area contributed by atoms with Gasteiger partial charge in [-0.05, 0) is 49.4 Å². The highest BCUT2D eigenvalue weighted by Gasteiger charge is 2.24. The number of carbonyl (C=O) groups is 1. The van der Waals surface area contributed by atoms with Crippen LogP contribution in [0, 0.1) is 5.92 Å². The fraction of sp³-hybridized carbons (Fsp3) is 0.533. The van der Waals surface area contributed by atoms with E-state index in [9.17, 15) is 4.79 Å². The van der Waals surface area contributed by atoms with Gasteiger partial charge in [0.15, 0.2) is 0 Å². The number of fused-ring (bicyclic) bond motifs is 1. The van der Waals surface area contributed by atoms with E-state index in [1.807, 2.05) is 0 Å². The Morgan fingerprint density at radius 2 is 1.95 bits per heavy atom. The zero-order valence-corrected chi connectivity index (χ0v) is 11.8. The summed E-state index contributed by atoms with van der Waals surface area (Å²) in [6.07, 6.45) is 3.80. The van der Waals surface area contributed by atoms with Crippen LogP contribution in [0.3, 0.4) is 0 Å². The van der Waals surface area contributed by atoms with Crippen LogP contribution in [0.4, 0.5) is 0 Å². The standard InChI is InChI=1S/C15H20N2O.ClH/c18-15(7-11-5-6-16-10-11)17-14-8-12-3-1-2-4-13(12)9-14;/h1-4,11,14,16H,5-10H2,(H,17,18);1H. The lowest BCUT2D eigenvalue weighted by molar-refractivity contribution is -0.122. The summed E-state index contributed by atoms with van der Waals surface area (Å²) in [5.41, 5.74) is 2.79. The lowest BCUT2D eigenvalue weighted by Crippen LogP contribution is -2.36. The number of carbonyl (C=O) groups excluding carboxylic acids is 1. The van der Waals surface area contributed by atoms with E-state index in [4.69, 9.17) is 0 Å². The normalized spacial score (nSPS) is 21.8. The second-order valence-corrected chi connectivity index (χ2v) is 5.50. The Kier molecular flexibility index (Phi) is 4.83. The number of benzene rings is 1. The molecule has 1 aromatic rings. The number of rotatable bonds is 3. The first-order valence-electron chi connectivity index (χ1n) is 6.88. The third kappa shape index (κ3) is 3.48. The molecule has 1 aliphatic carbocycles. The maximum absolute atomic E-state index is 12.0. The molecule has 1 atom stereocenters. The SMILES string of the molecule is Cl.O=C(CC1CCNC1)NC1Cc2ccccc2C1. The van der Waals surface area contributed by atoms with Crippen LogP contribution >= 0.6 is 12.4 Å². The lowest BCUT2D eigenvalue weighted by Gasteiger charge is -2.14. The van der Waals surface area contributed by atoms with Crippen molar-refractivity contribution in [2.75, 3.05) is 13.1 Å². The van der Waals surface area contributed by atoms with Gasteiger partial charge in [0, 0.05) is 12.5 Å². The van der Waals surface area contributed by atoms with Crippen LogP contribution in [0.2, 0.25) is 0 Å². The molecule has 2 N–H and O–H groups in total. The quantitative estimate of drug-likeness (QED) is 0.885. The first-order valence-corrected chi connectivity index (χ1v) is 6.88. The Morgan fingerprint density at radius 1 is 1.26 bits per heavy atom. The van der Waals surface area contributed by atoms with E-state index in [-0.39, 0.29) is 18.3 Å². The lowest BCUT2D eigenvalue weighted by atomic mass is 10.0. The zero-order valence-electron chi connectivity index (χ0n) is 11.0. The molecule has 1 heterocycles. The summed E-state index contributed by atoms with van der Waals surface area (Å²) in [6.45, 7) is 2.06. The molecule has 104 valence electrons. The van der Waals surface area contributed by atoms with Crippen LogP contribution in [0.1, 0.15) is 24.0 Å². The molecule has 1 saturated heterocycles. The van der Waals surface area contributed by atoms with Crippen LogP contribution in [0.5, 0.6) is 0 Å². The van der Waals surface area contributed by atoms with Gasteiger partial charge in [0.25, 0.3) is 0 Å². The summed E-state index contributed by atoms with van der Waals surface area (Å²) >= 11 is 0. The molecule has 0 bridgehead atoms. The van der Waals surface area contributed by atoms with Crippen LogP contribution in [-0.2, 0) is 17.6 Å². The van der Waals surface area contributed by atoms with Crippen molar-refractivity contribution in [2.24, 2.45) is 5.92 Å². The fourth-order valence-corrected chi connectivity index (χ4v) is 3.10. The highest BCUT2D eigenvalue weighted by atomic mass is 35.5. The molecule has 0 spiro atoms. The molecule has 2 aliphatic rings. The molecule has 1 unspecified atom stereocenters. The predicted molar refractivity (Wildman–Crippen MR) is 78.6 cm³/mol. The first kappa shape index (κ1) is 14.4. The molecular weight excluding hydrogens is 260 g/mol. The summed E-state index contributed by atoms with van der Waals surface area (Å²) in [7, 11) is 0. The molecule has 0 saturated carbocycles. The summed E-state index contributed by atoms with van der Waals surface area (Å²) < 4.78 is 0. The van der Waals surface area contributed by atoms with Gasteiger partial charge < -0.3 is 10.6 Å². The first-order chi connectivity index (χ1) is 8.81. The molecule has 1 aliphatic heterocycles. The van der Waals surface area contributed by atoms with Crippen molar-refractivity contribution in [1.29, 1.82) is 0 Å². The highest BCUT2D eigenvalue weighted by Crippen LogP contribution is 2.22. The molecule has 3 rings (SSSR count). The van der Waals surface area contributed by atoms with Crippen molar-refractivity contribution in [3.63, 3.8) is 0 Å². The third-order valence-electron chi connectivity index (χ3n) is 4.05. The number of nitrogens with one attached hydrogen (secondary N) is 2. The molecule has 0 radical (unpaired) electrons. The molecule has 4 heteroatoms. The number of hydrogen-bond acceptors (Lipinski definition) is 2. The largest absolute Gasteiger partial charge is 0.353 e. The van der Waals surface area contributed by atoms with Gasteiger partial charge in [0.2, 0.25) is 5.91 Å². The maximum atomic E-state index is 12.0. The van der Waals surface area contributed by atoms with Crippen molar-refractivity contribution in [3.8, 4) is 0 Å².